The lowest BCUT2D eigenvalue weighted by atomic mass is 9.93. The Bertz CT molecular complexity index is 1150. The SMILES string of the molecule is C[C@H](CO)N1C[C@H](C)[C@@H](CN(C)Cc2ccc(C(=O)O)cc2)Oc2ncc(C3=CCCCC3)cc2C1=O. The Morgan fingerprint density at radius 3 is 2.68 bits per heavy atom. The van der Waals surface area contributed by atoms with Gasteiger partial charge in [-0.1, -0.05) is 25.1 Å². The van der Waals surface area contributed by atoms with E-state index in [1.54, 1.807) is 23.2 Å². The number of nitrogens with zero attached hydrogens (tertiary/aromatic N) is 3. The average molecular weight is 508 g/mol. The number of pyridine rings is 1. The first kappa shape index (κ1) is 26.8. The van der Waals surface area contributed by atoms with Gasteiger partial charge in [0.2, 0.25) is 5.88 Å². The number of benzene rings is 1. The van der Waals surface area contributed by atoms with Crippen molar-refractivity contribution in [2.45, 2.75) is 58.2 Å². The van der Waals surface area contributed by atoms with Crippen molar-refractivity contribution < 1.29 is 24.5 Å². The summed E-state index contributed by atoms with van der Waals surface area (Å²) >= 11 is 0. The van der Waals surface area contributed by atoms with Gasteiger partial charge in [0.15, 0.2) is 0 Å². The summed E-state index contributed by atoms with van der Waals surface area (Å²) in [4.78, 5) is 33.3. The number of hydrogen-bond acceptors (Lipinski definition) is 6. The van der Waals surface area contributed by atoms with Crippen molar-refractivity contribution >= 4 is 17.4 Å². The molecule has 0 bridgehead atoms. The predicted molar refractivity (Wildman–Crippen MR) is 142 cm³/mol. The molecule has 2 N–H and O–H groups in total. The van der Waals surface area contributed by atoms with E-state index in [0.717, 1.165) is 30.4 Å². The number of hydrogen-bond donors (Lipinski definition) is 2. The van der Waals surface area contributed by atoms with Gasteiger partial charge in [0.25, 0.3) is 5.91 Å². The van der Waals surface area contributed by atoms with Gasteiger partial charge < -0.3 is 19.8 Å². The van der Waals surface area contributed by atoms with Crippen molar-refractivity contribution in [3.63, 3.8) is 0 Å². The van der Waals surface area contributed by atoms with E-state index in [4.69, 9.17) is 9.84 Å². The number of amides is 1. The second-order valence-electron chi connectivity index (χ2n) is 10.4. The number of carbonyl (C=O) groups is 2. The summed E-state index contributed by atoms with van der Waals surface area (Å²) in [5.41, 5.74) is 3.88. The van der Waals surface area contributed by atoms with Gasteiger partial charge in [-0.05, 0) is 74.6 Å². The largest absolute Gasteiger partial charge is 0.478 e. The molecule has 1 aliphatic carbocycles. The van der Waals surface area contributed by atoms with E-state index in [1.165, 1.54) is 12.0 Å². The molecule has 37 heavy (non-hydrogen) atoms. The summed E-state index contributed by atoms with van der Waals surface area (Å²) in [7, 11) is 1.99. The molecule has 8 nitrogen and oxygen atoms in total. The quantitative estimate of drug-likeness (QED) is 0.555. The summed E-state index contributed by atoms with van der Waals surface area (Å²) < 4.78 is 6.42. The zero-order valence-electron chi connectivity index (χ0n) is 21.9. The zero-order valence-corrected chi connectivity index (χ0v) is 21.9. The van der Waals surface area contributed by atoms with Crippen LogP contribution < -0.4 is 4.74 Å². The molecular weight excluding hydrogens is 470 g/mol. The fraction of sp³-hybridized carbons (Fsp3) is 0.483. The van der Waals surface area contributed by atoms with Crippen molar-refractivity contribution in [3.8, 4) is 5.88 Å². The number of carboxylic acids is 1. The Hall–Kier alpha value is -3.23. The lowest BCUT2D eigenvalue weighted by Gasteiger charge is -2.37. The minimum atomic E-state index is -0.943. The number of fused-ring (bicyclic) bond motifs is 1. The Balaban J connectivity index is 1.59. The molecule has 1 aliphatic heterocycles. The molecule has 0 unspecified atom stereocenters. The smallest absolute Gasteiger partial charge is 0.335 e. The van der Waals surface area contributed by atoms with Crippen molar-refractivity contribution in [1.29, 1.82) is 0 Å². The molecule has 2 aliphatic rings. The predicted octanol–water partition coefficient (Wildman–Crippen LogP) is 4.09. The van der Waals surface area contributed by atoms with E-state index in [9.17, 15) is 14.7 Å². The zero-order chi connectivity index (χ0) is 26.5. The number of carbonyl (C=O) groups excluding carboxylic acids is 1. The van der Waals surface area contributed by atoms with Crippen molar-refractivity contribution in [2.24, 2.45) is 5.92 Å². The van der Waals surface area contributed by atoms with Gasteiger partial charge >= 0.3 is 5.97 Å². The molecule has 0 saturated carbocycles. The number of rotatable bonds is 8. The third-order valence-corrected chi connectivity index (χ3v) is 7.33. The van der Waals surface area contributed by atoms with Crippen LogP contribution in [0.3, 0.4) is 0 Å². The molecule has 198 valence electrons. The van der Waals surface area contributed by atoms with E-state index in [-0.39, 0.29) is 36.1 Å². The van der Waals surface area contributed by atoms with E-state index in [2.05, 4.69) is 22.9 Å². The standard InChI is InChI=1S/C29H37N3O5/c1-19-15-32(20(2)18-33)28(34)25-13-24(22-7-5-4-6-8-22)14-30-27(25)37-26(19)17-31(3)16-21-9-11-23(12-10-21)29(35)36/h7,9-14,19-20,26,33H,4-6,8,15-18H2,1-3H3,(H,35,36)/t19-,20+,26+/m0/s1. The van der Waals surface area contributed by atoms with Crippen LogP contribution in [0, 0.1) is 5.92 Å². The molecule has 3 atom stereocenters. The summed E-state index contributed by atoms with van der Waals surface area (Å²) in [5.74, 6) is -0.789. The van der Waals surface area contributed by atoms with Crippen molar-refractivity contribution in [2.75, 3.05) is 26.7 Å². The molecule has 0 spiro atoms. The number of aromatic carboxylic acids is 1. The Morgan fingerprint density at radius 1 is 1.27 bits per heavy atom. The highest BCUT2D eigenvalue weighted by molar-refractivity contribution is 5.97. The molecule has 1 aromatic heterocycles. The maximum atomic E-state index is 13.6. The lowest BCUT2D eigenvalue weighted by Crippen LogP contribution is -2.49. The molecule has 8 heteroatoms. The van der Waals surface area contributed by atoms with Gasteiger partial charge in [0.05, 0.1) is 18.2 Å². The maximum absolute atomic E-state index is 13.6. The Morgan fingerprint density at radius 2 is 2.03 bits per heavy atom. The minimum absolute atomic E-state index is 0.00883. The number of aromatic nitrogens is 1. The van der Waals surface area contributed by atoms with Crippen molar-refractivity contribution in [3.05, 3.63) is 64.9 Å². The van der Waals surface area contributed by atoms with Crippen LogP contribution in [0.25, 0.3) is 5.57 Å². The van der Waals surface area contributed by atoms with Crippen LogP contribution in [-0.4, -0.2) is 75.8 Å². The van der Waals surface area contributed by atoms with Crippen LogP contribution in [0.4, 0.5) is 0 Å². The van der Waals surface area contributed by atoms with E-state index < -0.39 is 5.97 Å². The van der Waals surface area contributed by atoms with E-state index in [1.807, 2.05) is 32.2 Å². The lowest BCUT2D eigenvalue weighted by molar-refractivity contribution is 0.0325. The van der Waals surface area contributed by atoms with Crippen molar-refractivity contribution in [1.82, 2.24) is 14.8 Å². The highest BCUT2D eigenvalue weighted by atomic mass is 16.5. The van der Waals surface area contributed by atoms with Crippen LogP contribution in [0.15, 0.2) is 42.6 Å². The fourth-order valence-corrected chi connectivity index (χ4v) is 5.03. The van der Waals surface area contributed by atoms with Crippen LogP contribution in [-0.2, 0) is 6.54 Å². The number of allylic oxidation sites excluding steroid dienone is 2. The molecule has 1 amide bonds. The maximum Gasteiger partial charge on any atom is 0.335 e. The highest BCUT2D eigenvalue weighted by Gasteiger charge is 2.34. The van der Waals surface area contributed by atoms with E-state index >= 15 is 0 Å². The van der Waals surface area contributed by atoms with Gasteiger partial charge in [0.1, 0.15) is 11.7 Å². The first-order valence-corrected chi connectivity index (χ1v) is 13.1. The number of aliphatic hydroxyl groups is 1. The van der Waals surface area contributed by atoms with Crippen LogP contribution in [0.1, 0.15) is 71.4 Å². The number of carboxylic acid groups (broad SMARTS) is 1. The molecule has 0 saturated heterocycles. The van der Waals surface area contributed by atoms with Gasteiger partial charge in [-0.3, -0.25) is 9.69 Å². The average Bonchev–Trinajstić information content (AvgIpc) is 2.90. The summed E-state index contributed by atoms with van der Waals surface area (Å²) in [6.07, 6.45) is 8.13. The van der Waals surface area contributed by atoms with Gasteiger partial charge in [0, 0.05) is 31.7 Å². The van der Waals surface area contributed by atoms with Crippen LogP contribution in [0.2, 0.25) is 0 Å². The fourth-order valence-electron chi connectivity index (χ4n) is 5.03. The highest BCUT2D eigenvalue weighted by Crippen LogP contribution is 2.32. The molecule has 0 radical (unpaired) electrons. The summed E-state index contributed by atoms with van der Waals surface area (Å²) in [5, 5.41) is 19.0. The van der Waals surface area contributed by atoms with Crippen LogP contribution in [0.5, 0.6) is 5.88 Å². The van der Waals surface area contributed by atoms with Gasteiger partial charge in [-0.25, -0.2) is 9.78 Å². The second-order valence-corrected chi connectivity index (χ2v) is 10.4. The number of likely N-dealkylation sites (N-methyl/N-ethyl adjacent to an activating group) is 1. The third-order valence-electron chi connectivity index (χ3n) is 7.33. The number of aliphatic hydroxyl groups excluding tert-OH is 1. The topological polar surface area (TPSA) is 103 Å². The molecule has 2 aromatic rings. The third kappa shape index (κ3) is 6.37. The first-order valence-electron chi connectivity index (χ1n) is 13.1. The first-order chi connectivity index (χ1) is 17.8. The second kappa shape index (κ2) is 11.9. The summed E-state index contributed by atoms with van der Waals surface area (Å²) in [6.45, 7) is 5.45. The molecule has 2 heterocycles. The Labute approximate surface area is 218 Å². The monoisotopic (exact) mass is 507 g/mol. The summed E-state index contributed by atoms with van der Waals surface area (Å²) in [6, 6.07) is 8.44. The van der Waals surface area contributed by atoms with Gasteiger partial charge in [-0.15, -0.1) is 0 Å². The normalized spacial score (nSPS) is 20.9. The molecule has 1 aromatic carbocycles. The van der Waals surface area contributed by atoms with Crippen LogP contribution >= 0.6 is 0 Å². The van der Waals surface area contributed by atoms with Gasteiger partial charge in [-0.2, -0.15) is 0 Å². The number of ether oxygens (including phenoxy) is 1. The van der Waals surface area contributed by atoms with E-state index in [0.29, 0.717) is 31.1 Å². The molecular formula is C29H37N3O5. The minimum Gasteiger partial charge on any atom is -0.478 e. The Kier molecular flexibility index (Phi) is 8.61. The molecule has 0 fully saturated rings. The molecule has 4 rings (SSSR count).